The molecule has 88 valence electrons. The summed E-state index contributed by atoms with van der Waals surface area (Å²) in [5, 5.41) is 0. The van der Waals surface area contributed by atoms with Gasteiger partial charge in [-0.05, 0) is 23.8 Å². The summed E-state index contributed by atoms with van der Waals surface area (Å²) in [5.74, 6) is 0. The van der Waals surface area contributed by atoms with Crippen LogP contribution >= 0.6 is 0 Å². The normalized spacial score (nSPS) is 15.5. The molecule has 1 atom stereocenters. The van der Waals surface area contributed by atoms with Crippen LogP contribution in [0.3, 0.4) is 0 Å². The highest BCUT2D eigenvalue weighted by Crippen LogP contribution is 2.37. The standard InChI is InChI=1S/C15H22O/c1-5-15(4,12-16)11-14(2,3)13-9-7-6-8-10-13/h6-10,12H,5,11H2,1-4H3. The van der Waals surface area contributed by atoms with Gasteiger partial charge < -0.3 is 4.79 Å². The summed E-state index contributed by atoms with van der Waals surface area (Å²) in [5.41, 5.74) is 1.14. The third kappa shape index (κ3) is 2.94. The molecule has 0 heterocycles. The zero-order valence-electron chi connectivity index (χ0n) is 10.8. The topological polar surface area (TPSA) is 17.1 Å². The van der Waals surface area contributed by atoms with E-state index < -0.39 is 0 Å². The van der Waals surface area contributed by atoms with E-state index in [4.69, 9.17) is 0 Å². The highest BCUT2D eigenvalue weighted by atomic mass is 16.1. The molecular formula is C15H22O. The Morgan fingerprint density at radius 2 is 1.69 bits per heavy atom. The zero-order valence-corrected chi connectivity index (χ0v) is 10.8. The quantitative estimate of drug-likeness (QED) is 0.683. The second-order valence-corrected chi connectivity index (χ2v) is 5.55. The first-order valence-electron chi connectivity index (χ1n) is 5.95. The Kier molecular flexibility index (Phi) is 3.90. The number of aldehydes is 1. The van der Waals surface area contributed by atoms with Crippen molar-refractivity contribution in [1.82, 2.24) is 0 Å². The lowest BCUT2D eigenvalue weighted by atomic mass is 9.70. The first-order valence-corrected chi connectivity index (χ1v) is 5.95. The van der Waals surface area contributed by atoms with Gasteiger partial charge in [-0.15, -0.1) is 0 Å². The molecule has 1 aromatic rings. The van der Waals surface area contributed by atoms with E-state index in [0.717, 1.165) is 19.1 Å². The van der Waals surface area contributed by atoms with Crippen molar-refractivity contribution in [2.24, 2.45) is 5.41 Å². The monoisotopic (exact) mass is 218 g/mol. The Morgan fingerprint density at radius 3 is 2.12 bits per heavy atom. The van der Waals surface area contributed by atoms with Crippen LogP contribution < -0.4 is 0 Å². The van der Waals surface area contributed by atoms with E-state index in [9.17, 15) is 4.79 Å². The molecule has 0 aliphatic rings. The van der Waals surface area contributed by atoms with Crippen LogP contribution in [-0.2, 0) is 10.2 Å². The molecule has 1 unspecified atom stereocenters. The minimum Gasteiger partial charge on any atom is -0.303 e. The van der Waals surface area contributed by atoms with Crippen LogP contribution in [0, 0.1) is 5.41 Å². The van der Waals surface area contributed by atoms with Crippen molar-refractivity contribution in [1.29, 1.82) is 0 Å². The second kappa shape index (κ2) is 4.82. The molecule has 0 saturated carbocycles. The Hall–Kier alpha value is -1.11. The molecule has 16 heavy (non-hydrogen) atoms. The summed E-state index contributed by atoms with van der Waals surface area (Å²) in [6.45, 7) is 8.54. The van der Waals surface area contributed by atoms with E-state index in [1.54, 1.807) is 0 Å². The number of rotatable bonds is 5. The van der Waals surface area contributed by atoms with Gasteiger partial charge in [-0.3, -0.25) is 0 Å². The molecule has 0 aromatic heterocycles. The van der Waals surface area contributed by atoms with Crippen molar-refractivity contribution < 1.29 is 4.79 Å². The van der Waals surface area contributed by atoms with Crippen LogP contribution in [0.15, 0.2) is 30.3 Å². The van der Waals surface area contributed by atoms with Crippen LogP contribution in [0.25, 0.3) is 0 Å². The molecule has 1 heteroatoms. The van der Waals surface area contributed by atoms with Crippen LogP contribution in [0.1, 0.15) is 46.1 Å². The fraction of sp³-hybridized carbons (Fsp3) is 0.533. The smallest absolute Gasteiger partial charge is 0.125 e. The van der Waals surface area contributed by atoms with Crippen molar-refractivity contribution in [2.45, 2.75) is 46.0 Å². The third-order valence-electron chi connectivity index (χ3n) is 3.49. The fourth-order valence-electron chi connectivity index (χ4n) is 2.25. The lowest BCUT2D eigenvalue weighted by Crippen LogP contribution is -2.29. The minimum atomic E-state index is -0.209. The van der Waals surface area contributed by atoms with E-state index in [1.807, 2.05) is 13.0 Å². The predicted molar refractivity (Wildman–Crippen MR) is 68.5 cm³/mol. The van der Waals surface area contributed by atoms with E-state index in [0.29, 0.717) is 0 Å². The van der Waals surface area contributed by atoms with Crippen molar-refractivity contribution in [3.05, 3.63) is 35.9 Å². The molecule has 0 saturated heterocycles. The van der Waals surface area contributed by atoms with Gasteiger partial charge in [0.2, 0.25) is 0 Å². The third-order valence-corrected chi connectivity index (χ3v) is 3.49. The number of carbonyl (C=O) groups excluding carboxylic acids is 1. The van der Waals surface area contributed by atoms with Gasteiger partial charge in [-0.1, -0.05) is 58.0 Å². The van der Waals surface area contributed by atoms with Gasteiger partial charge in [0.05, 0.1) is 0 Å². The maximum Gasteiger partial charge on any atom is 0.125 e. The summed E-state index contributed by atoms with van der Waals surface area (Å²) in [6.07, 6.45) is 2.90. The largest absolute Gasteiger partial charge is 0.303 e. The van der Waals surface area contributed by atoms with Crippen molar-refractivity contribution >= 4 is 6.29 Å². The first kappa shape index (κ1) is 13.0. The number of benzene rings is 1. The van der Waals surface area contributed by atoms with Gasteiger partial charge in [0, 0.05) is 5.41 Å². The van der Waals surface area contributed by atoms with Crippen LogP contribution in [-0.4, -0.2) is 6.29 Å². The van der Waals surface area contributed by atoms with Gasteiger partial charge in [-0.25, -0.2) is 0 Å². The molecule has 0 N–H and O–H groups in total. The molecule has 0 bridgehead atoms. The van der Waals surface area contributed by atoms with Crippen LogP contribution in [0.4, 0.5) is 0 Å². The van der Waals surface area contributed by atoms with E-state index in [2.05, 4.69) is 45.0 Å². The van der Waals surface area contributed by atoms with Gasteiger partial charge >= 0.3 is 0 Å². The number of carbonyl (C=O) groups is 1. The maximum atomic E-state index is 11.2. The SMILES string of the molecule is CCC(C)(C=O)CC(C)(C)c1ccccc1. The molecule has 0 radical (unpaired) electrons. The molecule has 0 fully saturated rings. The average molecular weight is 218 g/mol. The highest BCUT2D eigenvalue weighted by Gasteiger charge is 2.31. The van der Waals surface area contributed by atoms with E-state index in [1.165, 1.54) is 5.56 Å². The lowest BCUT2D eigenvalue weighted by Gasteiger charge is -2.33. The molecule has 1 aromatic carbocycles. The summed E-state index contributed by atoms with van der Waals surface area (Å²) in [6, 6.07) is 10.4. The Labute approximate surface area is 98.9 Å². The van der Waals surface area contributed by atoms with Crippen molar-refractivity contribution in [3.8, 4) is 0 Å². The zero-order chi connectivity index (χ0) is 12.2. The molecule has 0 amide bonds. The summed E-state index contributed by atoms with van der Waals surface area (Å²) in [7, 11) is 0. The van der Waals surface area contributed by atoms with Gasteiger partial charge in [0.25, 0.3) is 0 Å². The fourth-order valence-corrected chi connectivity index (χ4v) is 2.25. The minimum absolute atomic E-state index is 0.0485. The number of hydrogen-bond acceptors (Lipinski definition) is 1. The lowest BCUT2D eigenvalue weighted by molar-refractivity contribution is -0.116. The summed E-state index contributed by atoms with van der Waals surface area (Å²) >= 11 is 0. The molecule has 0 aliphatic carbocycles. The van der Waals surface area contributed by atoms with E-state index in [-0.39, 0.29) is 10.8 Å². The molecule has 0 aliphatic heterocycles. The first-order chi connectivity index (χ1) is 7.43. The average Bonchev–Trinajstić information content (AvgIpc) is 2.29. The van der Waals surface area contributed by atoms with Crippen molar-refractivity contribution in [2.75, 3.05) is 0 Å². The Morgan fingerprint density at radius 1 is 1.12 bits per heavy atom. The van der Waals surface area contributed by atoms with Gasteiger partial charge in [0.1, 0.15) is 6.29 Å². The second-order valence-electron chi connectivity index (χ2n) is 5.55. The molecule has 0 spiro atoms. The van der Waals surface area contributed by atoms with E-state index >= 15 is 0 Å². The molecule has 1 rings (SSSR count). The summed E-state index contributed by atoms with van der Waals surface area (Å²) in [4.78, 5) is 11.2. The van der Waals surface area contributed by atoms with Crippen LogP contribution in [0.2, 0.25) is 0 Å². The van der Waals surface area contributed by atoms with Gasteiger partial charge in [-0.2, -0.15) is 0 Å². The molecule has 1 nitrogen and oxygen atoms in total. The van der Waals surface area contributed by atoms with Gasteiger partial charge in [0.15, 0.2) is 0 Å². The predicted octanol–water partition coefficient (Wildman–Crippen LogP) is 3.97. The van der Waals surface area contributed by atoms with Crippen molar-refractivity contribution in [3.63, 3.8) is 0 Å². The molecular weight excluding hydrogens is 196 g/mol. The maximum absolute atomic E-state index is 11.2. The summed E-state index contributed by atoms with van der Waals surface area (Å²) < 4.78 is 0. The number of hydrogen-bond donors (Lipinski definition) is 0. The van der Waals surface area contributed by atoms with Crippen LogP contribution in [0.5, 0.6) is 0 Å². The Balaban J connectivity index is 2.91. The Bertz CT molecular complexity index is 340. The highest BCUT2D eigenvalue weighted by molar-refractivity contribution is 5.59.